The van der Waals surface area contributed by atoms with E-state index in [2.05, 4.69) is 91.1 Å². The summed E-state index contributed by atoms with van der Waals surface area (Å²) in [6, 6.07) is 10.7. The highest BCUT2D eigenvalue weighted by atomic mass is 31.2. The Balaban J connectivity index is 0.00000100. The molecule has 0 saturated carbocycles. The average Bonchev–Trinajstić information content (AvgIpc) is 3.09. The summed E-state index contributed by atoms with van der Waals surface area (Å²) < 4.78 is 0. The van der Waals surface area contributed by atoms with Crippen molar-refractivity contribution in [1.29, 1.82) is 0 Å². The van der Waals surface area contributed by atoms with Crippen molar-refractivity contribution in [3.05, 3.63) is 102 Å². The fraction of sp³-hybridized carbons (Fsp3) is 0.174. The maximum absolute atomic E-state index is 4.78. The highest BCUT2D eigenvalue weighted by molar-refractivity contribution is 7.88. The van der Waals surface area contributed by atoms with Gasteiger partial charge in [-0.15, -0.1) is 0 Å². The van der Waals surface area contributed by atoms with E-state index in [0.717, 1.165) is 12.8 Å². The van der Waals surface area contributed by atoms with Gasteiger partial charge in [0, 0.05) is 0 Å². The summed E-state index contributed by atoms with van der Waals surface area (Å²) >= 11 is 0. The molecule has 1 unspecified atom stereocenters. The minimum atomic E-state index is -1.82. The summed E-state index contributed by atoms with van der Waals surface area (Å²) in [5, 5.41) is 4.03. The quantitative estimate of drug-likeness (QED) is 0.547. The first-order chi connectivity index (χ1) is 11.8. The van der Waals surface area contributed by atoms with Gasteiger partial charge < -0.3 is 0 Å². The molecule has 1 aromatic rings. The standard InChI is InChI=1S/C21H21P.C2H6/c1-22(21-17-11-6-12-18-21,19-13-7-2-3-8-14-19)20-15-9-4-5-10-16-20;1-2/h2-4,6-7,9-18H,1,5,8H2;1-2H3. The first-order valence-corrected chi connectivity index (χ1v) is 10.7. The lowest BCUT2D eigenvalue weighted by atomic mass is 10.4. The van der Waals surface area contributed by atoms with Gasteiger partial charge in [-0.1, -0.05) is 111 Å². The Labute approximate surface area is 147 Å². The Bertz CT molecular complexity index is 752. The average molecular weight is 334 g/mol. The van der Waals surface area contributed by atoms with Gasteiger partial charge in [-0.25, -0.2) is 0 Å². The molecule has 1 aromatic carbocycles. The Hall–Kier alpha value is -2.04. The lowest BCUT2D eigenvalue weighted by Crippen LogP contribution is -2.07. The zero-order chi connectivity index (χ0) is 17.3. The molecule has 124 valence electrons. The van der Waals surface area contributed by atoms with E-state index in [1.807, 2.05) is 13.8 Å². The molecule has 2 aliphatic rings. The highest BCUT2D eigenvalue weighted by Crippen LogP contribution is 2.60. The number of hydrogen-bond acceptors (Lipinski definition) is 0. The van der Waals surface area contributed by atoms with Gasteiger partial charge in [-0.2, -0.15) is 0 Å². The van der Waals surface area contributed by atoms with Gasteiger partial charge in [0.2, 0.25) is 0 Å². The van der Waals surface area contributed by atoms with Crippen molar-refractivity contribution in [1.82, 2.24) is 0 Å². The van der Waals surface area contributed by atoms with Crippen LogP contribution in [0.25, 0.3) is 0 Å². The summed E-state index contributed by atoms with van der Waals surface area (Å²) in [7, 11) is 0. The molecule has 1 heteroatoms. The molecule has 0 saturated heterocycles. The second-order valence-corrected chi connectivity index (χ2v) is 8.62. The van der Waals surface area contributed by atoms with Gasteiger partial charge in [0.15, 0.2) is 0 Å². The molecule has 0 amide bonds. The molecule has 0 fully saturated rings. The minimum Gasteiger partial charge on any atom is -0.0887 e. The summed E-state index contributed by atoms with van der Waals surface area (Å²) in [5.41, 5.74) is 0. The largest absolute Gasteiger partial charge is 0.0887 e. The number of hydrogen-bond donors (Lipinski definition) is 0. The predicted octanol–water partition coefficient (Wildman–Crippen LogP) is 6.59. The van der Waals surface area contributed by atoms with Crippen LogP contribution in [0.15, 0.2) is 102 Å². The van der Waals surface area contributed by atoms with Crippen LogP contribution in [0.1, 0.15) is 26.7 Å². The zero-order valence-corrected chi connectivity index (χ0v) is 15.6. The van der Waals surface area contributed by atoms with Crippen LogP contribution in [0.3, 0.4) is 0 Å². The van der Waals surface area contributed by atoms with E-state index < -0.39 is 6.89 Å². The minimum absolute atomic E-state index is 0.971. The van der Waals surface area contributed by atoms with E-state index in [9.17, 15) is 0 Å². The molecule has 3 rings (SSSR count). The number of benzene rings is 1. The van der Waals surface area contributed by atoms with Crippen LogP contribution in [0, 0.1) is 0 Å². The first kappa shape index (κ1) is 18.3. The second-order valence-electron chi connectivity index (χ2n) is 5.46. The van der Waals surface area contributed by atoms with Gasteiger partial charge in [-0.05, 0) is 35.7 Å². The van der Waals surface area contributed by atoms with Crippen molar-refractivity contribution in [2.75, 3.05) is 0 Å². The van der Waals surface area contributed by atoms with Gasteiger partial charge in [0.05, 0.1) is 0 Å². The first-order valence-electron chi connectivity index (χ1n) is 8.69. The van der Waals surface area contributed by atoms with Gasteiger partial charge in [0.1, 0.15) is 0 Å². The number of rotatable bonds is 3. The van der Waals surface area contributed by atoms with E-state index in [1.54, 1.807) is 0 Å². The monoisotopic (exact) mass is 334 g/mol. The van der Waals surface area contributed by atoms with Crippen molar-refractivity contribution >= 4 is 18.5 Å². The van der Waals surface area contributed by atoms with Crippen LogP contribution in [0.4, 0.5) is 0 Å². The SMILES string of the molecule is C=P(C1=CC=CCC=C1)(C1=CCC=CC=C1)c1ccccc1.CC. The van der Waals surface area contributed by atoms with Crippen molar-refractivity contribution in [3.8, 4) is 0 Å². The van der Waals surface area contributed by atoms with Crippen LogP contribution in [-0.2, 0) is 0 Å². The zero-order valence-electron chi connectivity index (χ0n) is 14.7. The molecule has 0 heterocycles. The van der Waals surface area contributed by atoms with E-state index in [1.165, 1.54) is 15.9 Å². The Morgan fingerprint density at radius 2 is 1.54 bits per heavy atom. The van der Waals surface area contributed by atoms with E-state index >= 15 is 0 Å². The van der Waals surface area contributed by atoms with Gasteiger partial charge in [0.25, 0.3) is 0 Å². The van der Waals surface area contributed by atoms with Crippen molar-refractivity contribution in [2.45, 2.75) is 26.7 Å². The van der Waals surface area contributed by atoms with E-state index in [0.29, 0.717) is 0 Å². The Kier molecular flexibility index (Phi) is 7.09. The summed E-state index contributed by atoms with van der Waals surface area (Å²) in [5.74, 6) is 0. The normalized spacial score (nSPS) is 18.4. The smallest absolute Gasteiger partial charge is 0.0156 e. The molecule has 0 nitrogen and oxygen atoms in total. The van der Waals surface area contributed by atoms with Crippen LogP contribution in [0.2, 0.25) is 0 Å². The summed E-state index contributed by atoms with van der Waals surface area (Å²) in [6.45, 7) is 2.18. The van der Waals surface area contributed by atoms with Crippen LogP contribution >= 0.6 is 6.89 Å². The lowest BCUT2D eigenvalue weighted by molar-refractivity contribution is 1.40. The molecule has 1 atom stereocenters. The molecule has 0 radical (unpaired) electrons. The van der Waals surface area contributed by atoms with Gasteiger partial charge in [-0.3, -0.25) is 0 Å². The molecule has 0 aromatic heterocycles. The third-order valence-corrected chi connectivity index (χ3v) is 7.59. The maximum atomic E-state index is 4.78. The maximum Gasteiger partial charge on any atom is -0.0156 e. The molecule has 0 N–H and O–H groups in total. The third kappa shape index (κ3) is 4.08. The van der Waals surface area contributed by atoms with Crippen molar-refractivity contribution in [2.24, 2.45) is 0 Å². The molecule has 24 heavy (non-hydrogen) atoms. The summed E-state index contributed by atoms with van der Waals surface area (Å²) in [6.07, 6.45) is 28.9. The number of allylic oxidation sites excluding steroid dienone is 12. The summed E-state index contributed by atoms with van der Waals surface area (Å²) in [4.78, 5) is 0. The van der Waals surface area contributed by atoms with Gasteiger partial charge >= 0.3 is 0 Å². The molecule has 0 bridgehead atoms. The van der Waals surface area contributed by atoms with Crippen molar-refractivity contribution in [3.63, 3.8) is 0 Å². The molecular weight excluding hydrogens is 307 g/mol. The second kappa shape index (κ2) is 9.30. The predicted molar refractivity (Wildman–Crippen MR) is 113 cm³/mol. The molecule has 0 spiro atoms. The Morgan fingerprint density at radius 1 is 0.792 bits per heavy atom. The lowest BCUT2D eigenvalue weighted by Gasteiger charge is -2.28. The van der Waals surface area contributed by atoms with E-state index in [4.69, 9.17) is 6.30 Å². The highest BCUT2D eigenvalue weighted by Gasteiger charge is 2.23. The van der Waals surface area contributed by atoms with Crippen LogP contribution < -0.4 is 5.30 Å². The fourth-order valence-electron chi connectivity index (χ4n) is 2.80. The third-order valence-electron chi connectivity index (χ3n) is 4.02. The molecule has 2 aliphatic carbocycles. The van der Waals surface area contributed by atoms with Crippen LogP contribution in [0.5, 0.6) is 0 Å². The van der Waals surface area contributed by atoms with E-state index in [-0.39, 0.29) is 0 Å². The van der Waals surface area contributed by atoms with Crippen LogP contribution in [-0.4, -0.2) is 6.30 Å². The topological polar surface area (TPSA) is 0 Å². The molecule has 0 aliphatic heterocycles. The fourth-order valence-corrected chi connectivity index (χ4v) is 5.84. The Morgan fingerprint density at radius 3 is 2.33 bits per heavy atom. The van der Waals surface area contributed by atoms with Crippen molar-refractivity contribution < 1.29 is 0 Å². The molecular formula is C23H27P.